The van der Waals surface area contributed by atoms with Crippen LogP contribution in [-0.2, 0) is 4.79 Å². The third-order valence-corrected chi connectivity index (χ3v) is 7.07. The summed E-state index contributed by atoms with van der Waals surface area (Å²) < 4.78 is 11.3. The molecule has 7 nitrogen and oxygen atoms in total. The first-order chi connectivity index (χ1) is 16.5. The number of methoxy groups -OCH3 is 1. The molecule has 0 radical (unpaired) electrons. The Morgan fingerprint density at radius 3 is 2.59 bits per heavy atom. The van der Waals surface area contributed by atoms with Gasteiger partial charge >= 0.3 is 0 Å². The van der Waals surface area contributed by atoms with Gasteiger partial charge in [0.25, 0.3) is 0 Å². The van der Waals surface area contributed by atoms with E-state index in [-0.39, 0.29) is 11.3 Å². The van der Waals surface area contributed by atoms with Crippen LogP contribution in [0.5, 0.6) is 11.5 Å². The number of amides is 1. The first kappa shape index (κ1) is 22.5. The number of rotatable bonds is 7. The highest BCUT2D eigenvalue weighted by Gasteiger charge is 2.46. The van der Waals surface area contributed by atoms with Crippen LogP contribution in [0, 0.1) is 5.41 Å². The molecule has 1 unspecified atom stereocenters. The fraction of sp³-hybridized carbons (Fsp3) is 0.407. The van der Waals surface area contributed by atoms with E-state index in [4.69, 9.17) is 14.5 Å². The molecular weight excluding hydrogens is 428 g/mol. The average Bonchev–Trinajstić information content (AvgIpc) is 3.39. The molecule has 0 saturated carbocycles. The summed E-state index contributed by atoms with van der Waals surface area (Å²) in [6.07, 6.45) is 1.66. The van der Waals surface area contributed by atoms with Crippen LogP contribution < -0.4 is 19.7 Å². The van der Waals surface area contributed by atoms with E-state index in [2.05, 4.69) is 34.5 Å². The lowest BCUT2D eigenvalue weighted by molar-refractivity contribution is -0.126. The highest BCUT2D eigenvalue weighted by molar-refractivity contribution is 5.95. The van der Waals surface area contributed by atoms with Crippen LogP contribution in [0.4, 0.5) is 5.69 Å². The summed E-state index contributed by atoms with van der Waals surface area (Å²) in [4.78, 5) is 21.6. The molecule has 0 bridgehead atoms. The summed E-state index contributed by atoms with van der Waals surface area (Å²) in [5.74, 6) is 1.89. The monoisotopic (exact) mass is 460 g/mol. The quantitative estimate of drug-likeness (QED) is 0.544. The van der Waals surface area contributed by atoms with E-state index in [1.807, 2.05) is 43.3 Å². The van der Waals surface area contributed by atoms with Crippen LogP contribution in [0.15, 0.2) is 48.5 Å². The number of nitrogens with zero attached hydrogens (tertiary/aromatic N) is 3. The van der Waals surface area contributed by atoms with Gasteiger partial charge in [0.15, 0.2) is 0 Å². The Labute approximate surface area is 200 Å². The highest BCUT2D eigenvalue weighted by Crippen LogP contribution is 2.43. The average molecular weight is 461 g/mol. The predicted octanol–water partition coefficient (Wildman–Crippen LogP) is 3.57. The van der Waals surface area contributed by atoms with Crippen molar-refractivity contribution in [3.63, 3.8) is 0 Å². The number of pyridine rings is 1. The minimum atomic E-state index is 0.0421. The highest BCUT2D eigenvalue weighted by atomic mass is 16.5. The summed E-state index contributed by atoms with van der Waals surface area (Å²) in [5, 5.41) is 4.19. The van der Waals surface area contributed by atoms with Crippen molar-refractivity contribution < 1.29 is 14.3 Å². The van der Waals surface area contributed by atoms with Crippen molar-refractivity contribution in [3.8, 4) is 22.8 Å². The van der Waals surface area contributed by atoms with Crippen molar-refractivity contribution in [2.75, 3.05) is 58.9 Å². The number of ether oxygens (including phenoxy) is 2. The van der Waals surface area contributed by atoms with E-state index in [0.717, 1.165) is 71.9 Å². The molecule has 2 aliphatic heterocycles. The molecule has 0 aliphatic carbocycles. The summed E-state index contributed by atoms with van der Waals surface area (Å²) in [7, 11) is 5.50. The molecule has 3 heterocycles. The number of hydrogen-bond acceptors (Lipinski definition) is 6. The zero-order valence-corrected chi connectivity index (χ0v) is 20.1. The number of likely N-dealkylation sites (N-methyl/N-ethyl adjacent to an activating group) is 1. The van der Waals surface area contributed by atoms with Crippen molar-refractivity contribution in [2.45, 2.75) is 12.8 Å². The Kier molecular flexibility index (Phi) is 6.04. The van der Waals surface area contributed by atoms with Gasteiger partial charge in [0.1, 0.15) is 18.1 Å². The third-order valence-electron chi connectivity index (χ3n) is 7.07. The topological polar surface area (TPSA) is 66.9 Å². The number of carbonyl (C=O) groups excluding carboxylic acids is 1. The predicted molar refractivity (Wildman–Crippen MR) is 135 cm³/mol. The van der Waals surface area contributed by atoms with E-state index in [1.165, 1.54) is 0 Å². The molecule has 2 saturated heterocycles. The van der Waals surface area contributed by atoms with E-state index in [1.54, 1.807) is 7.11 Å². The van der Waals surface area contributed by atoms with E-state index in [9.17, 15) is 4.79 Å². The van der Waals surface area contributed by atoms with Gasteiger partial charge in [0.05, 0.1) is 18.3 Å². The molecule has 3 aromatic rings. The van der Waals surface area contributed by atoms with Crippen molar-refractivity contribution >= 4 is 22.5 Å². The molecule has 34 heavy (non-hydrogen) atoms. The molecule has 1 amide bonds. The summed E-state index contributed by atoms with van der Waals surface area (Å²) in [6.45, 7) is 4.08. The lowest BCUT2D eigenvalue weighted by Gasteiger charge is -2.25. The fourth-order valence-corrected chi connectivity index (χ4v) is 5.24. The first-order valence-electron chi connectivity index (χ1n) is 11.9. The molecule has 2 fully saturated rings. The number of hydrogen-bond donors (Lipinski definition) is 1. The Balaban J connectivity index is 1.50. The van der Waals surface area contributed by atoms with Gasteiger partial charge in [-0.1, -0.05) is 0 Å². The van der Waals surface area contributed by atoms with Gasteiger partial charge in [-0.25, -0.2) is 4.98 Å². The van der Waals surface area contributed by atoms with Crippen molar-refractivity contribution in [1.29, 1.82) is 0 Å². The van der Waals surface area contributed by atoms with E-state index in [0.29, 0.717) is 13.0 Å². The van der Waals surface area contributed by atoms with Gasteiger partial charge in [-0.2, -0.15) is 0 Å². The van der Waals surface area contributed by atoms with Crippen LogP contribution in [-0.4, -0.2) is 69.8 Å². The van der Waals surface area contributed by atoms with Crippen LogP contribution in [0.2, 0.25) is 0 Å². The standard InChI is InChI=1S/C27H32N4O3/c1-28-11-13-34-20-6-4-19(5-7-20)23-15-25(22-9-8-21(33-3)14-24(22)29-23)31-12-10-27(18-31)16-26(32)30(2)17-27/h4-9,14-15,28H,10-13,16-18H2,1-3H3. The second kappa shape index (κ2) is 9.14. The molecular formula is C27H32N4O3. The van der Waals surface area contributed by atoms with Gasteiger partial charge < -0.3 is 24.6 Å². The largest absolute Gasteiger partial charge is 0.497 e. The maximum absolute atomic E-state index is 12.3. The summed E-state index contributed by atoms with van der Waals surface area (Å²) in [5.41, 5.74) is 4.06. The Bertz CT molecular complexity index is 1200. The summed E-state index contributed by atoms with van der Waals surface area (Å²) in [6, 6.07) is 16.4. The molecule has 1 N–H and O–H groups in total. The maximum atomic E-state index is 12.3. The van der Waals surface area contributed by atoms with Crippen molar-refractivity contribution in [1.82, 2.24) is 15.2 Å². The summed E-state index contributed by atoms with van der Waals surface area (Å²) >= 11 is 0. The Hall–Kier alpha value is -3.32. The van der Waals surface area contributed by atoms with Gasteiger partial charge in [0.2, 0.25) is 5.91 Å². The van der Waals surface area contributed by atoms with Gasteiger partial charge in [-0.3, -0.25) is 4.79 Å². The van der Waals surface area contributed by atoms with E-state index < -0.39 is 0 Å². The normalized spacial score (nSPS) is 20.0. The molecule has 1 aromatic heterocycles. The number of nitrogens with one attached hydrogen (secondary N) is 1. The van der Waals surface area contributed by atoms with Crippen LogP contribution in [0.1, 0.15) is 12.8 Å². The number of carbonyl (C=O) groups is 1. The zero-order valence-electron chi connectivity index (χ0n) is 20.1. The van der Waals surface area contributed by atoms with Crippen LogP contribution in [0.25, 0.3) is 22.2 Å². The van der Waals surface area contributed by atoms with Crippen molar-refractivity contribution in [2.24, 2.45) is 5.41 Å². The lowest BCUT2D eigenvalue weighted by atomic mass is 9.86. The smallest absolute Gasteiger partial charge is 0.223 e. The van der Waals surface area contributed by atoms with Gasteiger partial charge in [-0.15, -0.1) is 0 Å². The number of benzene rings is 2. The van der Waals surface area contributed by atoms with Crippen LogP contribution in [0.3, 0.4) is 0 Å². The van der Waals surface area contributed by atoms with Crippen molar-refractivity contribution in [3.05, 3.63) is 48.5 Å². The maximum Gasteiger partial charge on any atom is 0.223 e. The van der Waals surface area contributed by atoms with Gasteiger partial charge in [0, 0.05) is 67.8 Å². The third kappa shape index (κ3) is 4.28. The molecule has 7 heteroatoms. The fourth-order valence-electron chi connectivity index (χ4n) is 5.24. The molecule has 1 spiro atoms. The molecule has 1 atom stereocenters. The first-order valence-corrected chi connectivity index (χ1v) is 11.9. The number of fused-ring (bicyclic) bond motifs is 1. The number of likely N-dealkylation sites (tertiary alicyclic amines) is 1. The SMILES string of the molecule is CNCCOc1ccc(-c2cc(N3CCC4(CC(=O)N(C)C4)C3)c3ccc(OC)cc3n2)cc1. The van der Waals surface area contributed by atoms with E-state index >= 15 is 0 Å². The molecule has 2 aliphatic rings. The number of aromatic nitrogens is 1. The molecule has 178 valence electrons. The number of anilines is 1. The second-order valence-electron chi connectivity index (χ2n) is 9.48. The zero-order chi connectivity index (χ0) is 23.7. The van der Waals surface area contributed by atoms with Gasteiger partial charge in [-0.05, 0) is 55.9 Å². The van der Waals surface area contributed by atoms with Crippen LogP contribution >= 0.6 is 0 Å². The molecule has 2 aromatic carbocycles. The Morgan fingerprint density at radius 1 is 1.09 bits per heavy atom. The minimum absolute atomic E-state index is 0.0421. The second-order valence-corrected chi connectivity index (χ2v) is 9.48. The lowest BCUT2D eigenvalue weighted by Crippen LogP contribution is -2.29. The molecule has 5 rings (SSSR count). The Morgan fingerprint density at radius 2 is 1.88 bits per heavy atom. The minimum Gasteiger partial charge on any atom is -0.497 e.